The van der Waals surface area contributed by atoms with E-state index >= 15 is 0 Å². The number of carboxylic acids is 1. The molecule has 32 heavy (non-hydrogen) atoms. The number of nitrogens with one attached hydrogen (secondary N) is 5. The van der Waals surface area contributed by atoms with Gasteiger partial charge >= 0.3 is 5.97 Å². The van der Waals surface area contributed by atoms with Crippen LogP contribution in [0.4, 0.5) is 0 Å². The second kappa shape index (κ2) is 13.2. The number of carbonyl (C=O) groups excluding carboxylic acids is 1. The first-order chi connectivity index (χ1) is 15.3. The van der Waals surface area contributed by atoms with E-state index in [9.17, 15) is 23.1 Å². The SMILES string of the molecule is CCCCS(=O)(=O)NC(CCCCCNC1N=CCCN1)(NC(=O)C1CCON1)C(=O)O. The Morgan fingerprint density at radius 3 is 2.72 bits per heavy atom. The highest BCUT2D eigenvalue weighted by Gasteiger charge is 2.44. The number of unbranched alkanes of at least 4 members (excludes halogenated alkanes) is 3. The Balaban J connectivity index is 1.97. The topological polar surface area (TPSA) is 170 Å². The van der Waals surface area contributed by atoms with Gasteiger partial charge in [0.25, 0.3) is 0 Å². The van der Waals surface area contributed by atoms with Gasteiger partial charge in [-0.2, -0.15) is 10.2 Å². The largest absolute Gasteiger partial charge is 0.478 e. The summed E-state index contributed by atoms with van der Waals surface area (Å²) < 4.78 is 27.3. The lowest BCUT2D eigenvalue weighted by Gasteiger charge is -2.32. The zero-order valence-electron chi connectivity index (χ0n) is 18.6. The van der Waals surface area contributed by atoms with E-state index < -0.39 is 33.6 Å². The van der Waals surface area contributed by atoms with E-state index in [4.69, 9.17) is 4.84 Å². The van der Waals surface area contributed by atoms with Gasteiger partial charge in [0, 0.05) is 12.8 Å². The van der Waals surface area contributed by atoms with Crippen LogP contribution in [-0.2, 0) is 24.4 Å². The standard InChI is InChI=1S/C19H36N6O6S/c1-2-3-14-32(29,30)25-19(17(27)28,23-16(26)15-8-13-31-24-15)9-5-4-6-10-20-18-21-11-7-12-22-18/h11,15,18,20,22,24-25H,2-10,12-14H2,1H3,(H,23,26)(H,27,28). The minimum absolute atomic E-state index is 0.0766. The highest BCUT2D eigenvalue weighted by atomic mass is 32.2. The molecule has 6 N–H and O–H groups in total. The molecule has 1 amide bonds. The molecule has 0 saturated carbocycles. The Kier molecular flexibility index (Phi) is 10.9. The van der Waals surface area contributed by atoms with Crippen LogP contribution < -0.4 is 26.2 Å². The van der Waals surface area contributed by atoms with Gasteiger partial charge < -0.3 is 15.3 Å². The first-order valence-electron chi connectivity index (χ1n) is 11.2. The summed E-state index contributed by atoms with van der Waals surface area (Å²) in [6.07, 6.45) is 5.77. The predicted octanol–water partition coefficient (Wildman–Crippen LogP) is -0.606. The molecule has 2 aliphatic rings. The minimum atomic E-state index is -3.91. The molecule has 0 aromatic carbocycles. The number of hydrogen-bond donors (Lipinski definition) is 6. The zero-order chi connectivity index (χ0) is 23.5. The Bertz CT molecular complexity index is 743. The molecule has 3 unspecified atom stereocenters. The average molecular weight is 477 g/mol. The van der Waals surface area contributed by atoms with E-state index in [0.29, 0.717) is 45.3 Å². The van der Waals surface area contributed by atoms with Gasteiger partial charge in [0.15, 0.2) is 6.29 Å². The third kappa shape index (κ3) is 8.71. The second-order valence-electron chi connectivity index (χ2n) is 8.02. The van der Waals surface area contributed by atoms with Gasteiger partial charge in [0.2, 0.25) is 21.6 Å². The van der Waals surface area contributed by atoms with Crippen molar-refractivity contribution in [3.05, 3.63) is 0 Å². The van der Waals surface area contributed by atoms with Gasteiger partial charge in [-0.05, 0) is 45.1 Å². The molecule has 2 heterocycles. The van der Waals surface area contributed by atoms with E-state index in [1.807, 2.05) is 13.1 Å². The van der Waals surface area contributed by atoms with Crippen LogP contribution in [0.25, 0.3) is 0 Å². The fraction of sp³-hybridized carbons (Fsp3) is 0.842. The number of rotatable bonds is 15. The molecule has 1 saturated heterocycles. The molecule has 0 spiro atoms. The summed E-state index contributed by atoms with van der Waals surface area (Å²) >= 11 is 0. The predicted molar refractivity (Wildman–Crippen MR) is 119 cm³/mol. The molecule has 0 bridgehead atoms. The van der Waals surface area contributed by atoms with Crippen molar-refractivity contribution in [1.82, 2.24) is 26.2 Å². The van der Waals surface area contributed by atoms with Crippen LogP contribution in [0.15, 0.2) is 4.99 Å². The van der Waals surface area contributed by atoms with Crippen LogP contribution >= 0.6 is 0 Å². The highest BCUT2D eigenvalue weighted by molar-refractivity contribution is 7.89. The molecular formula is C19H36N6O6S. The van der Waals surface area contributed by atoms with Gasteiger partial charge in [0.05, 0.1) is 12.4 Å². The molecule has 13 heteroatoms. The Morgan fingerprint density at radius 2 is 2.09 bits per heavy atom. The maximum Gasteiger partial charge on any atom is 0.345 e. The number of amides is 1. The van der Waals surface area contributed by atoms with E-state index in [1.165, 1.54) is 0 Å². The lowest BCUT2D eigenvalue weighted by atomic mass is 10.0. The van der Waals surface area contributed by atoms with Crippen LogP contribution in [0.3, 0.4) is 0 Å². The summed E-state index contributed by atoms with van der Waals surface area (Å²) in [5.74, 6) is -2.27. The fourth-order valence-corrected chi connectivity index (χ4v) is 4.99. The van der Waals surface area contributed by atoms with E-state index in [-0.39, 0.29) is 18.5 Å². The molecular weight excluding hydrogens is 440 g/mol. The molecule has 0 aromatic heterocycles. The number of carbonyl (C=O) groups is 2. The number of carboxylic acid groups (broad SMARTS) is 1. The van der Waals surface area contributed by atoms with Crippen LogP contribution in [-0.4, -0.2) is 75.1 Å². The second-order valence-corrected chi connectivity index (χ2v) is 9.87. The van der Waals surface area contributed by atoms with Crippen molar-refractivity contribution in [2.45, 2.75) is 76.3 Å². The number of hydrogen-bond acceptors (Lipinski definition) is 9. The number of sulfonamides is 1. The van der Waals surface area contributed by atoms with Crippen LogP contribution in [0.5, 0.6) is 0 Å². The summed E-state index contributed by atoms with van der Waals surface area (Å²) in [4.78, 5) is 34.1. The molecule has 0 aliphatic carbocycles. The average Bonchev–Trinajstić information content (AvgIpc) is 3.30. The summed E-state index contributed by atoms with van der Waals surface area (Å²) in [7, 11) is -3.91. The zero-order valence-corrected chi connectivity index (χ0v) is 19.4. The van der Waals surface area contributed by atoms with Gasteiger partial charge in [0.1, 0.15) is 6.04 Å². The van der Waals surface area contributed by atoms with Crippen LogP contribution in [0.2, 0.25) is 0 Å². The van der Waals surface area contributed by atoms with E-state index in [1.54, 1.807) is 0 Å². The first-order valence-corrected chi connectivity index (χ1v) is 12.9. The maximum atomic E-state index is 12.6. The summed E-state index contributed by atoms with van der Waals surface area (Å²) in [5, 5.41) is 18.8. The van der Waals surface area contributed by atoms with Crippen molar-refractivity contribution in [3.63, 3.8) is 0 Å². The van der Waals surface area contributed by atoms with Crippen molar-refractivity contribution >= 4 is 28.1 Å². The lowest BCUT2D eigenvalue weighted by Crippen LogP contribution is -2.67. The monoisotopic (exact) mass is 476 g/mol. The van der Waals surface area contributed by atoms with Crippen molar-refractivity contribution in [2.75, 3.05) is 25.4 Å². The third-order valence-corrected chi connectivity index (χ3v) is 6.77. The quantitative estimate of drug-likeness (QED) is 0.133. The molecule has 1 fully saturated rings. The number of aliphatic imine (C=N–C) groups is 1. The van der Waals surface area contributed by atoms with E-state index in [2.05, 4.69) is 31.1 Å². The Labute approximate surface area is 189 Å². The van der Waals surface area contributed by atoms with Crippen LogP contribution in [0.1, 0.15) is 58.3 Å². The Hall–Kier alpha value is -1.64. The van der Waals surface area contributed by atoms with Gasteiger partial charge in [-0.25, -0.2) is 13.2 Å². The molecule has 2 rings (SSSR count). The molecule has 12 nitrogen and oxygen atoms in total. The molecule has 2 aliphatic heterocycles. The third-order valence-electron chi connectivity index (χ3n) is 5.28. The van der Waals surface area contributed by atoms with Crippen molar-refractivity contribution in [1.29, 1.82) is 0 Å². The first kappa shape index (κ1) is 26.6. The smallest absolute Gasteiger partial charge is 0.345 e. The van der Waals surface area contributed by atoms with Crippen molar-refractivity contribution < 1.29 is 28.0 Å². The summed E-state index contributed by atoms with van der Waals surface area (Å²) in [6.45, 7) is 3.69. The molecule has 0 radical (unpaired) electrons. The summed E-state index contributed by atoms with van der Waals surface area (Å²) in [6, 6.07) is -0.735. The highest BCUT2D eigenvalue weighted by Crippen LogP contribution is 2.17. The molecule has 3 atom stereocenters. The number of nitrogens with zero attached hydrogens (tertiary/aromatic N) is 1. The Morgan fingerprint density at radius 1 is 1.28 bits per heavy atom. The normalized spacial score (nSPS) is 23.0. The van der Waals surface area contributed by atoms with E-state index in [0.717, 1.165) is 19.4 Å². The van der Waals surface area contributed by atoms with Crippen molar-refractivity contribution in [3.8, 4) is 0 Å². The van der Waals surface area contributed by atoms with Crippen molar-refractivity contribution in [2.24, 2.45) is 4.99 Å². The summed E-state index contributed by atoms with van der Waals surface area (Å²) in [5.41, 5.74) is 0.408. The lowest BCUT2D eigenvalue weighted by molar-refractivity contribution is -0.149. The fourth-order valence-electron chi connectivity index (χ4n) is 3.44. The van der Waals surface area contributed by atoms with Gasteiger partial charge in [-0.3, -0.25) is 20.4 Å². The number of hydroxylamine groups is 1. The number of aliphatic carboxylic acids is 1. The van der Waals surface area contributed by atoms with Crippen LogP contribution in [0, 0.1) is 0 Å². The van der Waals surface area contributed by atoms with Gasteiger partial charge in [-0.15, -0.1) is 0 Å². The maximum absolute atomic E-state index is 12.6. The minimum Gasteiger partial charge on any atom is -0.478 e. The molecule has 184 valence electrons. The van der Waals surface area contributed by atoms with Gasteiger partial charge in [-0.1, -0.05) is 19.8 Å². The molecule has 0 aromatic rings.